The van der Waals surface area contributed by atoms with Crippen LogP contribution in [0.15, 0.2) is 76.9 Å². The van der Waals surface area contributed by atoms with Crippen molar-refractivity contribution in [2.24, 2.45) is 4.99 Å². The summed E-state index contributed by atoms with van der Waals surface area (Å²) in [5.74, 6) is -2.02. The van der Waals surface area contributed by atoms with E-state index in [1.807, 2.05) is 51.5 Å². The van der Waals surface area contributed by atoms with E-state index in [1.54, 1.807) is 30.6 Å². The molecule has 0 aliphatic carbocycles. The summed E-state index contributed by atoms with van der Waals surface area (Å²) in [6.45, 7) is 0. The zero-order valence-electron chi connectivity index (χ0n) is 16.4. The minimum atomic E-state index is -1.31. The molecule has 4 heterocycles. The molecular weight excluding hydrogens is 416 g/mol. The number of thiol groups is 1. The van der Waals surface area contributed by atoms with Gasteiger partial charge >= 0.3 is 5.79 Å². The maximum Gasteiger partial charge on any atom is 0.379 e. The molecule has 6 rings (SSSR count). The molecule has 8 heteroatoms. The molecule has 0 saturated heterocycles. The lowest BCUT2D eigenvalue weighted by molar-refractivity contribution is -0.743. The molecule has 0 radical (unpaired) electrons. The van der Waals surface area contributed by atoms with E-state index < -0.39 is 17.4 Å². The van der Waals surface area contributed by atoms with Crippen LogP contribution >= 0.6 is 12.6 Å². The Bertz CT molecular complexity index is 1460. The molecule has 1 spiro atoms. The van der Waals surface area contributed by atoms with Crippen molar-refractivity contribution in [3.05, 3.63) is 84.2 Å². The van der Waals surface area contributed by atoms with E-state index >= 15 is 4.39 Å². The van der Waals surface area contributed by atoms with Crippen LogP contribution in [0.4, 0.5) is 14.7 Å². The third-order valence-corrected chi connectivity index (χ3v) is 6.05. The van der Waals surface area contributed by atoms with Gasteiger partial charge in [-0.2, -0.15) is 4.99 Å². The SMILES string of the molecule is CN1/C=C\C=NC2(c3cc(F)cc(F)c3-c3cc(S)cc[n+]32)n2c1nc1ccccc12. The van der Waals surface area contributed by atoms with Gasteiger partial charge in [0.25, 0.3) is 0 Å². The van der Waals surface area contributed by atoms with Gasteiger partial charge in [0, 0.05) is 42.6 Å². The summed E-state index contributed by atoms with van der Waals surface area (Å²) in [6.07, 6.45) is 7.08. The van der Waals surface area contributed by atoms with Crippen molar-refractivity contribution in [2.75, 3.05) is 11.9 Å². The Hall–Kier alpha value is -3.52. The molecule has 4 aromatic rings. The van der Waals surface area contributed by atoms with Crippen molar-refractivity contribution in [3.8, 4) is 11.3 Å². The highest BCUT2D eigenvalue weighted by molar-refractivity contribution is 7.80. The molecule has 0 bridgehead atoms. The second-order valence-corrected chi connectivity index (χ2v) is 8.07. The Morgan fingerprint density at radius 2 is 1.94 bits per heavy atom. The Kier molecular flexibility index (Phi) is 3.68. The van der Waals surface area contributed by atoms with Gasteiger partial charge < -0.3 is 4.90 Å². The first-order valence-electron chi connectivity index (χ1n) is 9.68. The minimum absolute atomic E-state index is 0.297. The average Bonchev–Trinajstić information content (AvgIpc) is 3.24. The number of aliphatic imine (C=N–C) groups is 1. The molecule has 5 nitrogen and oxygen atoms in total. The maximum atomic E-state index is 15.2. The van der Waals surface area contributed by atoms with Crippen LogP contribution in [-0.2, 0) is 5.79 Å². The van der Waals surface area contributed by atoms with Crippen molar-refractivity contribution in [1.82, 2.24) is 9.55 Å². The highest BCUT2D eigenvalue weighted by atomic mass is 32.1. The Morgan fingerprint density at radius 3 is 2.81 bits per heavy atom. The molecule has 152 valence electrons. The summed E-state index contributed by atoms with van der Waals surface area (Å²) < 4.78 is 33.5. The molecule has 0 fully saturated rings. The number of aromatic nitrogens is 3. The van der Waals surface area contributed by atoms with Gasteiger partial charge in [-0.15, -0.1) is 17.2 Å². The van der Waals surface area contributed by atoms with Crippen molar-refractivity contribution >= 4 is 35.8 Å². The number of pyridine rings is 1. The summed E-state index contributed by atoms with van der Waals surface area (Å²) in [7, 11) is 1.88. The molecule has 2 aliphatic rings. The maximum absolute atomic E-state index is 15.2. The predicted octanol–water partition coefficient (Wildman–Crippen LogP) is 4.11. The number of halogens is 2. The predicted molar refractivity (Wildman–Crippen MR) is 117 cm³/mol. The highest BCUT2D eigenvalue weighted by Crippen LogP contribution is 2.45. The van der Waals surface area contributed by atoms with E-state index in [0.717, 1.165) is 17.1 Å². The number of fused-ring (bicyclic) bond motifs is 9. The lowest BCUT2D eigenvalue weighted by Gasteiger charge is -2.28. The standard InChI is InChI=1S/C23H15F2N5S/c1-28-9-4-8-26-23(30-19-6-3-2-5-18(19)27-22(28)30)16-11-14(24)12-17(25)21(16)20-13-15(31)7-10-29(20)23/h2-13H,1H3/p+1/b9-4-,26-8?. The fourth-order valence-corrected chi connectivity index (χ4v) is 4.73. The Balaban J connectivity index is 1.87. The van der Waals surface area contributed by atoms with Gasteiger partial charge in [0.15, 0.2) is 6.20 Å². The molecule has 1 atom stereocenters. The van der Waals surface area contributed by atoms with Crippen LogP contribution in [0.5, 0.6) is 0 Å². The monoisotopic (exact) mass is 432 g/mol. The van der Waals surface area contributed by atoms with Crippen LogP contribution in [0, 0.1) is 11.6 Å². The van der Waals surface area contributed by atoms with E-state index in [1.165, 1.54) is 6.07 Å². The Morgan fingerprint density at radius 1 is 1.10 bits per heavy atom. The number of benzene rings is 2. The fourth-order valence-electron chi connectivity index (χ4n) is 4.54. The number of hydrogen-bond acceptors (Lipinski definition) is 4. The van der Waals surface area contributed by atoms with Gasteiger partial charge in [-0.3, -0.25) is 0 Å². The van der Waals surface area contributed by atoms with Crippen LogP contribution in [0.1, 0.15) is 5.56 Å². The molecule has 1 unspecified atom stereocenters. The first-order valence-corrected chi connectivity index (χ1v) is 10.1. The lowest BCUT2D eigenvalue weighted by atomic mass is 10.0. The third kappa shape index (κ3) is 2.33. The quantitative estimate of drug-likeness (QED) is 0.335. The van der Waals surface area contributed by atoms with Gasteiger partial charge in [0.2, 0.25) is 11.6 Å². The second-order valence-electron chi connectivity index (χ2n) is 7.55. The van der Waals surface area contributed by atoms with Gasteiger partial charge in [-0.05, 0) is 24.3 Å². The van der Waals surface area contributed by atoms with Gasteiger partial charge in [-0.25, -0.2) is 18.3 Å². The molecule has 2 aromatic heterocycles. The summed E-state index contributed by atoms with van der Waals surface area (Å²) in [5.41, 5.74) is 2.81. The number of hydrogen-bond donors (Lipinski definition) is 1. The topological polar surface area (TPSA) is 37.3 Å². The first-order chi connectivity index (χ1) is 15.0. The van der Waals surface area contributed by atoms with E-state index in [4.69, 9.17) is 9.98 Å². The summed E-state index contributed by atoms with van der Waals surface area (Å²) in [4.78, 5) is 12.2. The number of anilines is 1. The van der Waals surface area contributed by atoms with Crippen molar-refractivity contribution < 1.29 is 13.3 Å². The van der Waals surface area contributed by atoms with Crippen molar-refractivity contribution in [2.45, 2.75) is 10.7 Å². The summed E-state index contributed by atoms with van der Waals surface area (Å²) in [5, 5.41) is 0. The first kappa shape index (κ1) is 18.3. The number of para-hydroxylation sites is 2. The molecule has 0 amide bonds. The normalized spacial score (nSPS) is 19.8. The van der Waals surface area contributed by atoms with Crippen LogP contribution in [0.25, 0.3) is 22.3 Å². The smallest absolute Gasteiger partial charge is 0.321 e. The largest absolute Gasteiger partial charge is 0.379 e. The highest BCUT2D eigenvalue weighted by Gasteiger charge is 2.57. The van der Waals surface area contributed by atoms with Crippen molar-refractivity contribution in [3.63, 3.8) is 0 Å². The summed E-state index contributed by atoms with van der Waals surface area (Å²) >= 11 is 4.45. The van der Waals surface area contributed by atoms with Gasteiger partial charge in [0.1, 0.15) is 11.6 Å². The number of imidazole rings is 1. The average molecular weight is 432 g/mol. The van der Waals surface area contributed by atoms with Gasteiger partial charge in [0.05, 0.1) is 22.2 Å². The molecule has 0 saturated carbocycles. The minimum Gasteiger partial charge on any atom is -0.321 e. The molecule has 2 aromatic carbocycles. The zero-order valence-corrected chi connectivity index (χ0v) is 17.3. The third-order valence-electron chi connectivity index (χ3n) is 5.77. The van der Waals surface area contributed by atoms with Crippen LogP contribution in [0.2, 0.25) is 0 Å². The van der Waals surface area contributed by atoms with Gasteiger partial charge in [-0.1, -0.05) is 12.1 Å². The molecular formula is C23H16F2N5S+. The van der Waals surface area contributed by atoms with Crippen LogP contribution in [-0.4, -0.2) is 22.8 Å². The Labute approximate surface area is 182 Å². The fraction of sp³-hybridized carbons (Fsp3) is 0.0870. The molecule has 0 N–H and O–H groups in total. The number of nitrogens with zero attached hydrogens (tertiary/aromatic N) is 5. The number of allylic oxidation sites excluding steroid dienone is 1. The van der Waals surface area contributed by atoms with Crippen molar-refractivity contribution in [1.29, 1.82) is 0 Å². The zero-order chi connectivity index (χ0) is 21.3. The van der Waals surface area contributed by atoms with E-state index in [2.05, 4.69) is 12.6 Å². The summed E-state index contributed by atoms with van der Waals surface area (Å²) in [6, 6.07) is 13.5. The lowest BCUT2D eigenvalue weighted by Crippen LogP contribution is -2.58. The van der Waals surface area contributed by atoms with E-state index in [0.29, 0.717) is 27.7 Å². The van der Waals surface area contributed by atoms with Crippen LogP contribution in [0.3, 0.4) is 0 Å². The van der Waals surface area contributed by atoms with E-state index in [-0.39, 0.29) is 0 Å². The second kappa shape index (κ2) is 6.24. The molecule has 31 heavy (non-hydrogen) atoms. The van der Waals surface area contributed by atoms with E-state index in [9.17, 15) is 4.39 Å². The molecule has 2 aliphatic heterocycles. The van der Waals surface area contributed by atoms with Crippen LogP contribution < -0.4 is 9.47 Å². The number of rotatable bonds is 0.